The number of hydrogen-bond acceptors (Lipinski definition) is 2. The van der Waals surface area contributed by atoms with Crippen LogP contribution in [0.1, 0.15) is 6.92 Å². The van der Waals surface area contributed by atoms with Crippen LogP contribution in [0.15, 0.2) is 0 Å². The van der Waals surface area contributed by atoms with Gasteiger partial charge in [0, 0.05) is 6.61 Å². The third-order valence-electron chi connectivity index (χ3n) is 0.388. The quantitative estimate of drug-likeness (QED) is 0.547. The van der Waals surface area contributed by atoms with E-state index >= 15 is 0 Å². The molecular weight excluding hydrogens is 116 g/mol. The van der Waals surface area contributed by atoms with Crippen molar-refractivity contribution in [2.24, 2.45) is 0 Å². The minimum Gasteiger partial charge on any atom is -0.366 e. The second kappa shape index (κ2) is 4.23. The van der Waals surface area contributed by atoms with Crippen LogP contribution in [-0.2, 0) is 15.8 Å². The molecule has 0 spiro atoms. The van der Waals surface area contributed by atoms with Crippen molar-refractivity contribution in [3.8, 4) is 0 Å². The molecule has 0 heterocycles. The Morgan fingerprint density at radius 3 is 2.57 bits per heavy atom. The van der Waals surface area contributed by atoms with Crippen molar-refractivity contribution in [1.82, 2.24) is 0 Å². The zero-order chi connectivity index (χ0) is 5.70. The van der Waals surface area contributed by atoms with E-state index in [2.05, 4.69) is 4.74 Å². The molecular formula is C3H8O3S. The molecule has 4 heteroatoms. The van der Waals surface area contributed by atoms with Gasteiger partial charge in [0.1, 0.15) is 5.94 Å². The molecule has 0 aromatic rings. The van der Waals surface area contributed by atoms with Gasteiger partial charge in [0.2, 0.25) is 0 Å². The molecule has 1 N–H and O–H groups in total. The summed E-state index contributed by atoms with van der Waals surface area (Å²) in [7, 11) is 0. The lowest BCUT2D eigenvalue weighted by Gasteiger charge is -1.91. The molecule has 1 atom stereocenters. The van der Waals surface area contributed by atoms with Crippen molar-refractivity contribution in [2.75, 3.05) is 12.5 Å². The number of ether oxygens (including phenoxy) is 1. The summed E-state index contributed by atoms with van der Waals surface area (Å²) in [6, 6.07) is 0. The highest BCUT2D eigenvalue weighted by Gasteiger charge is 1.86. The second-order valence-corrected chi connectivity index (χ2v) is 1.81. The van der Waals surface area contributed by atoms with Crippen LogP contribution < -0.4 is 0 Å². The van der Waals surface area contributed by atoms with Gasteiger partial charge < -0.3 is 9.29 Å². The van der Waals surface area contributed by atoms with Crippen LogP contribution in [0.25, 0.3) is 0 Å². The summed E-state index contributed by atoms with van der Waals surface area (Å²) in [5.74, 6) is -0.0729. The molecule has 0 aliphatic heterocycles. The van der Waals surface area contributed by atoms with Crippen molar-refractivity contribution in [3.05, 3.63) is 0 Å². The first-order valence-electron chi connectivity index (χ1n) is 1.92. The Morgan fingerprint density at radius 2 is 2.43 bits per heavy atom. The molecule has 0 aromatic carbocycles. The smallest absolute Gasteiger partial charge is 0.179 e. The number of rotatable bonds is 3. The summed E-state index contributed by atoms with van der Waals surface area (Å²) in [5.41, 5.74) is 0. The van der Waals surface area contributed by atoms with E-state index in [1.54, 1.807) is 6.92 Å². The van der Waals surface area contributed by atoms with Crippen molar-refractivity contribution in [2.45, 2.75) is 6.92 Å². The van der Waals surface area contributed by atoms with Crippen LogP contribution in [-0.4, -0.2) is 21.3 Å². The van der Waals surface area contributed by atoms with Gasteiger partial charge in [0.25, 0.3) is 0 Å². The normalized spacial score (nSPS) is 14.0. The first-order chi connectivity index (χ1) is 3.27. The van der Waals surface area contributed by atoms with E-state index in [1.165, 1.54) is 0 Å². The van der Waals surface area contributed by atoms with Crippen LogP contribution in [0.4, 0.5) is 0 Å². The fraction of sp³-hybridized carbons (Fsp3) is 1.00. The predicted molar refractivity (Wildman–Crippen MR) is 27.3 cm³/mol. The Morgan fingerprint density at radius 1 is 1.86 bits per heavy atom. The van der Waals surface area contributed by atoms with Crippen LogP contribution >= 0.6 is 0 Å². The van der Waals surface area contributed by atoms with E-state index in [9.17, 15) is 4.21 Å². The van der Waals surface area contributed by atoms with Crippen molar-refractivity contribution in [3.63, 3.8) is 0 Å². The Labute approximate surface area is 45.0 Å². The fourth-order valence-corrected chi connectivity index (χ4v) is 0.464. The van der Waals surface area contributed by atoms with Gasteiger partial charge in [0.15, 0.2) is 11.1 Å². The molecule has 0 radical (unpaired) electrons. The molecule has 7 heavy (non-hydrogen) atoms. The molecule has 0 aliphatic carbocycles. The third-order valence-corrected chi connectivity index (χ3v) is 0.757. The van der Waals surface area contributed by atoms with Crippen LogP contribution in [0.2, 0.25) is 0 Å². The van der Waals surface area contributed by atoms with Crippen LogP contribution in [0.3, 0.4) is 0 Å². The van der Waals surface area contributed by atoms with Crippen LogP contribution in [0, 0.1) is 0 Å². The van der Waals surface area contributed by atoms with E-state index in [4.69, 9.17) is 4.55 Å². The van der Waals surface area contributed by atoms with Gasteiger partial charge >= 0.3 is 0 Å². The fourth-order valence-electron chi connectivity index (χ4n) is 0.155. The van der Waals surface area contributed by atoms with E-state index in [1.807, 2.05) is 0 Å². The molecule has 0 amide bonds. The second-order valence-electron chi connectivity index (χ2n) is 0.932. The Hall–Kier alpha value is 0.0700. The van der Waals surface area contributed by atoms with Gasteiger partial charge in [-0.25, -0.2) is 4.21 Å². The number of hydrogen-bond donors (Lipinski definition) is 1. The van der Waals surface area contributed by atoms with Gasteiger partial charge in [-0.15, -0.1) is 0 Å². The monoisotopic (exact) mass is 124 g/mol. The molecule has 0 saturated heterocycles. The standard InChI is InChI=1S/C3H8O3S/c1-2-6-3-7(4)5/h2-3H2,1H3,(H,4,5). The first-order valence-corrected chi connectivity index (χ1v) is 3.20. The highest BCUT2D eigenvalue weighted by atomic mass is 32.2. The highest BCUT2D eigenvalue weighted by molar-refractivity contribution is 7.79. The first kappa shape index (κ1) is 7.07. The maximum absolute atomic E-state index is 9.74. The van der Waals surface area contributed by atoms with E-state index in [-0.39, 0.29) is 5.94 Å². The molecule has 44 valence electrons. The minimum absolute atomic E-state index is 0.0729. The van der Waals surface area contributed by atoms with Gasteiger partial charge in [-0.2, -0.15) is 0 Å². The third kappa shape index (κ3) is 6.07. The van der Waals surface area contributed by atoms with Gasteiger partial charge in [-0.1, -0.05) is 0 Å². The van der Waals surface area contributed by atoms with Gasteiger partial charge in [-0.05, 0) is 6.92 Å². The van der Waals surface area contributed by atoms with Gasteiger partial charge in [0.05, 0.1) is 0 Å². The molecule has 0 aliphatic rings. The predicted octanol–water partition coefficient (Wildman–Crippen LogP) is 0.202. The molecule has 0 saturated carbocycles. The maximum Gasteiger partial charge on any atom is 0.179 e. The summed E-state index contributed by atoms with van der Waals surface area (Å²) in [6.45, 7) is 2.26. The molecule has 0 rings (SSSR count). The van der Waals surface area contributed by atoms with E-state index in [0.717, 1.165) is 0 Å². The zero-order valence-electron chi connectivity index (χ0n) is 4.09. The topological polar surface area (TPSA) is 46.5 Å². The zero-order valence-corrected chi connectivity index (χ0v) is 4.90. The summed E-state index contributed by atoms with van der Waals surface area (Å²) in [6.07, 6.45) is 0. The summed E-state index contributed by atoms with van der Waals surface area (Å²) < 4.78 is 22.3. The van der Waals surface area contributed by atoms with E-state index < -0.39 is 11.1 Å². The molecule has 0 fully saturated rings. The lowest BCUT2D eigenvalue weighted by molar-refractivity contribution is 0.191. The van der Waals surface area contributed by atoms with Crippen molar-refractivity contribution < 1.29 is 13.5 Å². The average Bonchev–Trinajstić information content (AvgIpc) is 1.61. The molecule has 1 unspecified atom stereocenters. The maximum atomic E-state index is 9.74. The summed E-state index contributed by atoms with van der Waals surface area (Å²) >= 11 is -1.79. The largest absolute Gasteiger partial charge is 0.366 e. The lowest BCUT2D eigenvalue weighted by Crippen LogP contribution is -1.98. The Kier molecular flexibility index (Phi) is 4.28. The SMILES string of the molecule is CCOCS(=O)O. The van der Waals surface area contributed by atoms with E-state index in [0.29, 0.717) is 6.61 Å². The highest BCUT2D eigenvalue weighted by Crippen LogP contribution is 1.74. The average molecular weight is 124 g/mol. The summed E-state index contributed by atoms with van der Waals surface area (Å²) in [5, 5.41) is 0. The Bertz CT molecular complexity index is 63.2. The van der Waals surface area contributed by atoms with Crippen molar-refractivity contribution in [1.29, 1.82) is 0 Å². The Balaban J connectivity index is 2.82. The molecule has 3 nitrogen and oxygen atoms in total. The van der Waals surface area contributed by atoms with Crippen molar-refractivity contribution >= 4 is 11.1 Å². The molecule has 0 bridgehead atoms. The molecule has 0 aromatic heterocycles. The minimum atomic E-state index is -1.79. The van der Waals surface area contributed by atoms with Crippen LogP contribution in [0.5, 0.6) is 0 Å². The lowest BCUT2D eigenvalue weighted by atomic mass is 10.9. The summed E-state index contributed by atoms with van der Waals surface area (Å²) in [4.78, 5) is 0. The van der Waals surface area contributed by atoms with Gasteiger partial charge in [-0.3, -0.25) is 0 Å².